The van der Waals surface area contributed by atoms with Crippen molar-refractivity contribution >= 4 is 41.3 Å². The fraction of sp³-hybridized carbons (Fsp3) is 0.529. The van der Waals surface area contributed by atoms with Gasteiger partial charge in [-0.1, -0.05) is 6.92 Å². The molecule has 0 unspecified atom stereocenters. The van der Waals surface area contributed by atoms with Gasteiger partial charge in [0.05, 0.1) is 24.4 Å². The minimum absolute atomic E-state index is 0. The summed E-state index contributed by atoms with van der Waals surface area (Å²) in [4.78, 5) is 10.3. The van der Waals surface area contributed by atoms with E-state index in [1.807, 2.05) is 18.3 Å². The standard InChI is InChI=1S/C17H26N4O2S.HI/c1-3-15-13-21-16(24-15)7-9-19-17(20-10-12-22-2)18-8-6-14-5-4-11-23-14;/h4-5,11,13H,3,6-10,12H2,1-2H3,(H2,18,19,20);1H. The second-order valence-electron chi connectivity index (χ2n) is 5.23. The Bertz CT molecular complexity index is 602. The lowest BCUT2D eigenvalue weighted by molar-refractivity contribution is 0.208. The monoisotopic (exact) mass is 478 g/mol. The van der Waals surface area contributed by atoms with E-state index < -0.39 is 0 Å². The lowest BCUT2D eigenvalue weighted by atomic mass is 10.3. The van der Waals surface area contributed by atoms with Crippen LogP contribution in [0.1, 0.15) is 22.6 Å². The van der Waals surface area contributed by atoms with Gasteiger partial charge in [-0.2, -0.15) is 0 Å². The van der Waals surface area contributed by atoms with Crippen LogP contribution in [0.25, 0.3) is 0 Å². The van der Waals surface area contributed by atoms with Crippen LogP contribution in [0.2, 0.25) is 0 Å². The molecule has 0 aliphatic heterocycles. The van der Waals surface area contributed by atoms with Crippen molar-refractivity contribution in [3.8, 4) is 0 Å². The highest BCUT2D eigenvalue weighted by Crippen LogP contribution is 2.13. The van der Waals surface area contributed by atoms with Crippen molar-refractivity contribution in [2.75, 3.05) is 33.4 Å². The van der Waals surface area contributed by atoms with Crippen LogP contribution in [0.15, 0.2) is 34.0 Å². The number of furan rings is 1. The molecule has 25 heavy (non-hydrogen) atoms. The predicted octanol–water partition coefficient (Wildman–Crippen LogP) is 2.88. The van der Waals surface area contributed by atoms with E-state index >= 15 is 0 Å². The molecule has 140 valence electrons. The van der Waals surface area contributed by atoms with Gasteiger partial charge in [-0.25, -0.2) is 4.98 Å². The van der Waals surface area contributed by atoms with Crippen molar-refractivity contribution in [3.05, 3.63) is 40.2 Å². The number of thiazole rings is 1. The Morgan fingerprint density at radius 1 is 1.32 bits per heavy atom. The molecule has 0 saturated carbocycles. The highest BCUT2D eigenvalue weighted by Gasteiger charge is 2.03. The number of aromatic nitrogens is 1. The Balaban J connectivity index is 0.00000312. The third kappa shape index (κ3) is 8.68. The van der Waals surface area contributed by atoms with Crippen LogP contribution in [-0.2, 0) is 24.0 Å². The molecule has 0 atom stereocenters. The number of rotatable bonds is 10. The van der Waals surface area contributed by atoms with Gasteiger partial charge < -0.3 is 19.8 Å². The van der Waals surface area contributed by atoms with E-state index in [1.54, 1.807) is 24.7 Å². The van der Waals surface area contributed by atoms with Gasteiger partial charge in [0, 0.05) is 44.1 Å². The highest BCUT2D eigenvalue weighted by atomic mass is 127. The average molecular weight is 478 g/mol. The molecule has 0 bridgehead atoms. The third-order valence-corrected chi connectivity index (χ3v) is 4.59. The van der Waals surface area contributed by atoms with Crippen LogP contribution in [0.5, 0.6) is 0 Å². The molecule has 2 rings (SSSR count). The first-order valence-electron chi connectivity index (χ1n) is 8.29. The van der Waals surface area contributed by atoms with Crippen molar-refractivity contribution < 1.29 is 9.15 Å². The van der Waals surface area contributed by atoms with Gasteiger partial charge in [0.2, 0.25) is 0 Å². The number of nitrogens with one attached hydrogen (secondary N) is 2. The number of hydrogen-bond donors (Lipinski definition) is 2. The summed E-state index contributed by atoms with van der Waals surface area (Å²) in [5.74, 6) is 1.76. The maximum atomic E-state index is 5.34. The maximum absolute atomic E-state index is 5.34. The van der Waals surface area contributed by atoms with E-state index in [2.05, 4.69) is 27.5 Å². The Morgan fingerprint density at radius 3 is 2.76 bits per heavy atom. The second kappa shape index (κ2) is 13.1. The van der Waals surface area contributed by atoms with E-state index in [0.717, 1.165) is 49.1 Å². The molecule has 0 amide bonds. The average Bonchev–Trinajstić information content (AvgIpc) is 3.26. The highest BCUT2D eigenvalue weighted by molar-refractivity contribution is 14.0. The van der Waals surface area contributed by atoms with Crippen LogP contribution in [0.4, 0.5) is 0 Å². The van der Waals surface area contributed by atoms with Crippen molar-refractivity contribution in [2.45, 2.75) is 26.2 Å². The van der Waals surface area contributed by atoms with E-state index in [9.17, 15) is 0 Å². The Kier molecular flexibility index (Phi) is 11.5. The van der Waals surface area contributed by atoms with Gasteiger partial charge in [-0.15, -0.1) is 35.3 Å². The molecule has 8 heteroatoms. The number of guanidine groups is 1. The van der Waals surface area contributed by atoms with E-state index in [1.165, 1.54) is 4.88 Å². The Hall–Kier alpha value is -1.13. The van der Waals surface area contributed by atoms with Crippen LogP contribution >= 0.6 is 35.3 Å². The molecule has 6 nitrogen and oxygen atoms in total. The SMILES string of the molecule is CCc1cnc(CCNC(=NCCOC)NCCc2ccco2)s1.I. The smallest absolute Gasteiger partial charge is 0.191 e. The molecule has 2 aromatic heterocycles. The van der Waals surface area contributed by atoms with Crippen molar-refractivity contribution in [1.29, 1.82) is 0 Å². The molecule has 0 spiro atoms. The topological polar surface area (TPSA) is 71.7 Å². The number of ether oxygens (including phenoxy) is 1. The van der Waals surface area contributed by atoms with Crippen molar-refractivity contribution in [1.82, 2.24) is 15.6 Å². The summed E-state index contributed by atoms with van der Waals surface area (Å²) >= 11 is 1.78. The van der Waals surface area contributed by atoms with E-state index in [0.29, 0.717) is 13.2 Å². The Labute approximate surface area is 170 Å². The van der Waals surface area contributed by atoms with Gasteiger partial charge in [0.25, 0.3) is 0 Å². The molecule has 2 heterocycles. The first kappa shape index (κ1) is 21.9. The van der Waals surface area contributed by atoms with E-state index in [4.69, 9.17) is 9.15 Å². The predicted molar refractivity (Wildman–Crippen MR) is 113 cm³/mol. The molecule has 0 aliphatic rings. The summed E-state index contributed by atoms with van der Waals surface area (Å²) in [5.41, 5.74) is 0. The number of hydrogen-bond acceptors (Lipinski definition) is 5. The summed E-state index contributed by atoms with van der Waals surface area (Å²) in [7, 11) is 1.68. The molecule has 0 saturated heterocycles. The summed E-state index contributed by atoms with van der Waals surface area (Å²) in [6, 6.07) is 3.88. The zero-order chi connectivity index (χ0) is 17.0. The van der Waals surface area contributed by atoms with Gasteiger partial charge in [0.1, 0.15) is 5.76 Å². The summed E-state index contributed by atoms with van der Waals surface area (Å²) in [6.45, 7) is 4.96. The van der Waals surface area contributed by atoms with Crippen LogP contribution in [0, 0.1) is 0 Å². The zero-order valence-electron chi connectivity index (χ0n) is 14.8. The molecule has 2 aromatic rings. The van der Waals surface area contributed by atoms with Crippen molar-refractivity contribution in [2.24, 2.45) is 4.99 Å². The minimum Gasteiger partial charge on any atom is -0.469 e. The molecule has 0 radical (unpaired) electrons. The van der Waals surface area contributed by atoms with Crippen LogP contribution < -0.4 is 10.6 Å². The second-order valence-corrected chi connectivity index (χ2v) is 6.43. The molecule has 0 fully saturated rings. The fourth-order valence-corrected chi connectivity index (χ4v) is 2.96. The number of aliphatic imine (C=N–C) groups is 1. The number of nitrogens with zero attached hydrogens (tertiary/aromatic N) is 2. The lowest BCUT2D eigenvalue weighted by Crippen LogP contribution is -2.39. The summed E-state index contributed by atoms with van der Waals surface area (Å²) in [6.07, 6.45) is 6.43. The quantitative estimate of drug-likeness (QED) is 0.238. The van der Waals surface area contributed by atoms with Crippen molar-refractivity contribution in [3.63, 3.8) is 0 Å². The zero-order valence-corrected chi connectivity index (χ0v) is 17.9. The first-order valence-corrected chi connectivity index (χ1v) is 9.10. The van der Waals surface area contributed by atoms with Gasteiger partial charge in [-0.05, 0) is 18.6 Å². The summed E-state index contributed by atoms with van der Waals surface area (Å²) in [5, 5.41) is 7.84. The molecule has 2 N–H and O–H groups in total. The molecular weight excluding hydrogens is 451 g/mol. The fourth-order valence-electron chi connectivity index (χ4n) is 2.10. The van der Waals surface area contributed by atoms with Crippen LogP contribution in [-0.4, -0.2) is 44.3 Å². The lowest BCUT2D eigenvalue weighted by Gasteiger charge is -2.11. The largest absolute Gasteiger partial charge is 0.469 e. The van der Waals surface area contributed by atoms with Gasteiger partial charge in [-0.3, -0.25) is 4.99 Å². The molecule has 0 aliphatic carbocycles. The number of methoxy groups -OCH3 is 1. The maximum Gasteiger partial charge on any atom is 0.191 e. The van der Waals surface area contributed by atoms with E-state index in [-0.39, 0.29) is 24.0 Å². The van der Waals surface area contributed by atoms with Gasteiger partial charge >= 0.3 is 0 Å². The number of halogens is 1. The first-order chi connectivity index (χ1) is 11.8. The third-order valence-electron chi connectivity index (χ3n) is 3.39. The molecule has 0 aromatic carbocycles. The Morgan fingerprint density at radius 2 is 2.12 bits per heavy atom. The van der Waals surface area contributed by atoms with Gasteiger partial charge in [0.15, 0.2) is 5.96 Å². The summed E-state index contributed by atoms with van der Waals surface area (Å²) < 4.78 is 10.4. The normalized spacial score (nSPS) is 11.2. The molecular formula is C17H27IN4O2S. The number of aryl methyl sites for hydroxylation is 1. The minimum atomic E-state index is 0. The van der Waals surface area contributed by atoms with Crippen LogP contribution in [0.3, 0.4) is 0 Å².